The number of benzene rings is 1. The Kier molecular flexibility index (Phi) is 4.47. The zero-order valence-electron chi connectivity index (χ0n) is 16.3. The SMILES string of the molecule is CSc1ccc(-c2ccc(/C=C/C34OCCN3c3ccccc3C4(C)C)s2)s1. The number of anilines is 1. The molecule has 0 bridgehead atoms. The highest BCUT2D eigenvalue weighted by Crippen LogP contribution is 2.55. The van der Waals surface area contributed by atoms with Gasteiger partial charge in [-0.1, -0.05) is 32.0 Å². The van der Waals surface area contributed by atoms with E-state index in [1.807, 2.05) is 34.4 Å². The molecule has 2 aromatic heterocycles. The average molecular weight is 426 g/mol. The number of thiophene rings is 2. The number of hydrogen-bond acceptors (Lipinski definition) is 5. The molecule has 0 saturated carbocycles. The molecule has 144 valence electrons. The van der Waals surface area contributed by atoms with Crippen molar-refractivity contribution in [3.8, 4) is 9.75 Å². The van der Waals surface area contributed by atoms with Crippen molar-refractivity contribution >= 4 is 46.2 Å². The smallest absolute Gasteiger partial charge is 0.170 e. The van der Waals surface area contributed by atoms with Crippen LogP contribution >= 0.6 is 34.4 Å². The fourth-order valence-electron chi connectivity index (χ4n) is 4.46. The zero-order valence-corrected chi connectivity index (χ0v) is 18.7. The summed E-state index contributed by atoms with van der Waals surface area (Å²) < 4.78 is 7.80. The second-order valence-electron chi connectivity index (χ2n) is 7.70. The molecule has 2 aliphatic rings. The van der Waals surface area contributed by atoms with Gasteiger partial charge in [0.1, 0.15) is 0 Å². The lowest BCUT2D eigenvalue weighted by Gasteiger charge is -2.39. The highest BCUT2D eigenvalue weighted by molar-refractivity contribution is 8.00. The summed E-state index contributed by atoms with van der Waals surface area (Å²) in [4.78, 5) is 6.39. The lowest BCUT2D eigenvalue weighted by Crippen LogP contribution is -2.51. The van der Waals surface area contributed by atoms with Crippen LogP contribution in [0.2, 0.25) is 0 Å². The minimum absolute atomic E-state index is 0.0995. The van der Waals surface area contributed by atoms with Gasteiger partial charge in [0.15, 0.2) is 5.72 Å². The predicted octanol–water partition coefficient (Wildman–Crippen LogP) is 6.74. The number of ether oxygens (including phenoxy) is 1. The molecule has 2 aliphatic heterocycles. The number of fused-ring (bicyclic) bond motifs is 3. The second-order valence-corrected chi connectivity index (χ2v) is 11.0. The van der Waals surface area contributed by atoms with Crippen LogP contribution in [-0.4, -0.2) is 25.1 Å². The van der Waals surface area contributed by atoms with Crippen LogP contribution in [0.4, 0.5) is 5.69 Å². The van der Waals surface area contributed by atoms with Gasteiger partial charge in [-0.15, -0.1) is 34.4 Å². The van der Waals surface area contributed by atoms with Gasteiger partial charge in [-0.05, 0) is 54.3 Å². The lowest BCUT2D eigenvalue weighted by molar-refractivity contribution is 0.000345. The maximum absolute atomic E-state index is 6.44. The van der Waals surface area contributed by atoms with Gasteiger partial charge in [0.25, 0.3) is 0 Å². The maximum Gasteiger partial charge on any atom is 0.170 e. The standard InChI is InChI=1S/C23H23NOS3/c1-22(2)17-6-4-5-7-18(17)24-14-15-25-23(22,24)13-12-16-8-9-19(27-16)20-10-11-21(26-3)28-20/h4-13H,14-15H2,1-3H3/b13-12+. The summed E-state index contributed by atoms with van der Waals surface area (Å²) in [6, 6.07) is 17.6. The minimum Gasteiger partial charge on any atom is -0.349 e. The topological polar surface area (TPSA) is 12.5 Å². The monoisotopic (exact) mass is 425 g/mol. The molecule has 0 spiro atoms. The summed E-state index contributed by atoms with van der Waals surface area (Å²) in [6.45, 7) is 6.31. The van der Waals surface area contributed by atoms with E-state index in [9.17, 15) is 0 Å². The van der Waals surface area contributed by atoms with Crippen molar-refractivity contribution in [2.75, 3.05) is 24.3 Å². The summed E-state index contributed by atoms with van der Waals surface area (Å²) in [7, 11) is 0. The van der Waals surface area contributed by atoms with Gasteiger partial charge in [0, 0.05) is 32.3 Å². The number of thioether (sulfide) groups is 1. The molecule has 28 heavy (non-hydrogen) atoms. The van der Waals surface area contributed by atoms with E-state index < -0.39 is 5.72 Å². The highest BCUT2D eigenvalue weighted by Gasteiger charge is 2.58. The Morgan fingerprint density at radius 1 is 1.04 bits per heavy atom. The molecule has 0 aliphatic carbocycles. The normalized spacial score (nSPS) is 22.8. The van der Waals surface area contributed by atoms with Gasteiger partial charge < -0.3 is 9.64 Å². The predicted molar refractivity (Wildman–Crippen MR) is 124 cm³/mol. The van der Waals surface area contributed by atoms with Gasteiger partial charge in [-0.25, -0.2) is 0 Å². The molecule has 0 amide bonds. The summed E-state index contributed by atoms with van der Waals surface area (Å²) in [5, 5.41) is 0. The van der Waals surface area contributed by atoms with Crippen LogP contribution in [0.1, 0.15) is 24.3 Å². The molecule has 1 atom stereocenters. The number of para-hydroxylation sites is 1. The molecule has 4 heterocycles. The van der Waals surface area contributed by atoms with Crippen molar-refractivity contribution in [2.24, 2.45) is 0 Å². The lowest BCUT2D eigenvalue weighted by atomic mass is 9.77. The van der Waals surface area contributed by atoms with E-state index in [2.05, 4.69) is 85.7 Å². The third kappa shape index (κ3) is 2.64. The first-order valence-corrected chi connectivity index (χ1v) is 12.4. The third-order valence-corrected chi connectivity index (χ3v) is 9.34. The zero-order chi connectivity index (χ0) is 19.4. The van der Waals surface area contributed by atoms with Crippen LogP contribution in [0, 0.1) is 0 Å². The van der Waals surface area contributed by atoms with E-state index >= 15 is 0 Å². The quantitative estimate of drug-likeness (QED) is 0.430. The van der Waals surface area contributed by atoms with E-state index in [-0.39, 0.29) is 5.41 Å². The van der Waals surface area contributed by atoms with Crippen molar-refractivity contribution in [3.05, 3.63) is 65.0 Å². The van der Waals surface area contributed by atoms with E-state index in [0.717, 1.165) is 13.2 Å². The molecule has 1 aromatic carbocycles. The van der Waals surface area contributed by atoms with Crippen LogP contribution in [0.15, 0.2) is 58.8 Å². The molecule has 1 unspecified atom stereocenters. The number of hydrogen-bond donors (Lipinski definition) is 0. The van der Waals surface area contributed by atoms with Crippen molar-refractivity contribution < 1.29 is 4.74 Å². The van der Waals surface area contributed by atoms with Crippen LogP contribution in [0.25, 0.3) is 15.8 Å². The summed E-state index contributed by atoms with van der Waals surface area (Å²) in [5.74, 6) is 0. The molecule has 0 radical (unpaired) electrons. The van der Waals surface area contributed by atoms with Crippen molar-refractivity contribution in [1.29, 1.82) is 0 Å². The molecule has 2 nitrogen and oxygen atoms in total. The Morgan fingerprint density at radius 2 is 1.82 bits per heavy atom. The first-order chi connectivity index (χ1) is 13.5. The van der Waals surface area contributed by atoms with E-state index in [0.29, 0.717) is 0 Å². The first-order valence-electron chi connectivity index (χ1n) is 9.49. The van der Waals surface area contributed by atoms with Crippen LogP contribution in [0.5, 0.6) is 0 Å². The van der Waals surface area contributed by atoms with Crippen molar-refractivity contribution in [3.63, 3.8) is 0 Å². The summed E-state index contributed by atoms with van der Waals surface area (Å²) in [6.07, 6.45) is 6.67. The Labute approximate surface area is 178 Å². The second kappa shape index (κ2) is 6.77. The maximum atomic E-state index is 6.44. The fourth-order valence-corrected chi connectivity index (χ4v) is 7.01. The largest absolute Gasteiger partial charge is 0.349 e. The average Bonchev–Trinajstić information content (AvgIpc) is 3.46. The van der Waals surface area contributed by atoms with Gasteiger partial charge in [0.2, 0.25) is 0 Å². The molecule has 1 fully saturated rings. The molecular weight excluding hydrogens is 402 g/mol. The summed E-state index contributed by atoms with van der Waals surface area (Å²) >= 11 is 5.52. The van der Waals surface area contributed by atoms with Crippen molar-refractivity contribution in [1.82, 2.24) is 0 Å². The van der Waals surface area contributed by atoms with Crippen LogP contribution in [0.3, 0.4) is 0 Å². The Balaban J connectivity index is 1.48. The number of rotatable bonds is 4. The van der Waals surface area contributed by atoms with E-state index in [1.54, 1.807) is 0 Å². The van der Waals surface area contributed by atoms with Gasteiger partial charge in [-0.2, -0.15) is 0 Å². The molecular formula is C23H23NOS3. The van der Waals surface area contributed by atoms with Gasteiger partial charge in [0.05, 0.1) is 10.8 Å². The Morgan fingerprint density at radius 3 is 2.64 bits per heavy atom. The van der Waals surface area contributed by atoms with Gasteiger partial charge in [-0.3, -0.25) is 0 Å². The number of nitrogens with zero attached hydrogens (tertiary/aromatic N) is 1. The fraction of sp³-hybridized carbons (Fsp3) is 0.304. The molecule has 3 aromatic rings. The summed E-state index contributed by atoms with van der Waals surface area (Å²) in [5.41, 5.74) is 2.17. The Bertz CT molecular complexity index is 1050. The highest BCUT2D eigenvalue weighted by atomic mass is 32.2. The first kappa shape index (κ1) is 18.5. The Hall–Kier alpha value is -1.53. The minimum atomic E-state index is -0.407. The third-order valence-electron chi connectivity index (χ3n) is 5.93. The van der Waals surface area contributed by atoms with Crippen LogP contribution in [-0.2, 0) is 10.2 Å². The van der Waals surface area contributed by atoms with E-state index in [4.69, 9.17) is 4.74 Å². The van der Waals surface area contributed by atoms with Gasteiger partial charge >= 0.3 is 0 Å². The van der Waals surface area contributed by atoms with Crippen LogP contribution < -0.4 is 4.90 Å². The molecule has 0 N–H and O–H groups in total. The molecule has 1 saturated heterocycles. The van der Waals surface area contributed by atoms with Crippen molar-refractivity contribution in [2.45, 2.75) is 29.2 Å². The molecule has 5 rings (SSSR count). The van der Waals surface area contributed by atoms with E-state index in [1.165, 1.54) is 30.1 Å². The molecule has 5 heteroatoms.